The summed E-state index contributed by atoms with van der Waals surface area (Å²) >= 11 is 0. The maximum absolute atomic E-state index is 13.7. The van der Waals surface area contributed by atoms with Crippen LogP contribution in [-0.4, -0.2) is 30.6 Å². The minimum atomic E-state index is -2.55. The Morgan fingerprint density at radius 3 is 1.15 bits per heavy atom. The molecular formula is C36H75O2P. The van der Waals surface area contributed by atoms with Crippen LogP contribution in [0, 0.1) is 5.92 Å². The molecular weight excluding hydrogens is 495 g/mol. The van der Waals surface area contributed by atoms with Crippen LogP contribution in [0.2, 0.25) is 0 Å². The van der Waals surface area contributed by atoms with E-state index in [4.69, 9.17) is 4.52 Å². The van der Waals surface area contributed by atoms with Crippen LogP contribution < -0.4 is 0 Å². The maximum atomic E-state index is 13.7. The summed E-state index contributed by atoms with van der Waals surface area (Å²) in [5.41, 5.74) is 0. The molecule has 0 fully saturated rings. The molecule has 0 saturated heterocycles. The van der Waals surface area contributed by atoms with E-state index in [1.54, 1.807) is 0 Å². The van der Waals surface area contributed by atoms with Gasteiger partial charge in [-0.25, -0.2) is 0 Å². The summed E-state index contributed by atoms with van der Waals surface area (Å²) < 4.78 is 7.09. The molecule has 0 amide bonds. The van der Waals surface area contributed by atoms with Crippen molar-refractivity contribution in [1.29, 1.82) is 0 Å². The molecule has 0 heterocycles. The van der Waals surface area contributed by atoms with Crippen LogP contribution in [0.5, 0.6) is 0 Å². The Kier molecular flexibility index (Phi) is 25.5. The molecule has 1 atom stereocenters. The van der Waals surface area contributed by atoms with Crippen molar-refractivity contribution < 1.29 is 9.32 Å². The summed E-state index contributed by atoms with van der Waals surface area (Å²) in [4.78, 5) is 13.7. The van der Waals surface area contributed by atoms with E-state index in [1.165, 1.54) is 153 Å². The molecule has 0 bridgehead atoms. The normalized spacial score (nSPS) is 13.7. The van der Waals surface area contributed by atoms with Crippen molar-refractivity contribution in [2.24, 2.45) is 5.92 Å². The average Bonchev–Trinajstić information content (AvgIpc) is 2.95. The van der Waals surface area contributed by atoms with E-state index in [9.17, 15) is 4.79 Å². The Morgan fingerprint density at radius 1 is 0.462 bits per heavy atom. The van der Waals surface area contributed by atoms with Crippen molar-refractivity contribution in [3.05, 3.63) is 0 Å². The van der Waals surface area contributed by atoms with E-state index in [-0.39, 0.29) is 11.9 Å². The second-order valence-corrected chi connectivity index (χ2v) is 18.8. The average molecular weight is 571 g/mol. The predicted octanol–water partition coefficient (Wildman–Crippen LogP) is 13.1. The van der Waals surface area contributed by atoms with Crippen LogP contribution in [0.3, 0.4) is 0 Å². The van der Waals surface area contributed by atoms with Crippen molar-refractivity contribution in [3.8, 4) is 0 Å². The van der Waals surface area contributed by atoms with Gasteiger partial charge in [0.15, 0.2) is 0 Å². The van der Waals surface area contributed by atoms with E-state index >= 15 is 0 Å². The van der Waals surface area contributed by atoms with Crippen molar-refractivity contribution in [2.45, 2.75) is 196 Å². The second-order valence-electron chi connectivity index (χ2n) is 13.1. The van der Waals surface area contributed by atoms with Crippen LogP contribution >= 0.6 is 6.83 Å². The zero-order valence-electron chi connectivity index (χ0n) is 28.1. The third-order valence-corrected chi connectivity index (χ3v) is 15.9. The van der Waals surface area contributed by atoms with E-state index < -0.39 is 6.83 Å². The standard InChI is InChI=1S/C36H75O2P/c1-7-13-18-19-20-21-22-23-24-25-26-27-28-29-34-39(31-15-9-3,32-16-10-4,33-17-11-5)38-36(37)35(12-6)30-14-8-2/h35H,7-34H2,1-6H3. The van der Waals surface area contributed by atoms with Gasteiger partial charge in [0.2, 0.25) is 0 Å². The molecule has 0 N–H and O–H groups in total. The van der Waals surface area contributed by atoms with Gasteiger partial charge in [0, 0.05) is 0 Å². The first-order valence-corrected chi connectivity index (χ1v) is 21.1. The third-order valence-electron chi connectivity index (χ3n) is 9.39. The summed E-state index contributed by atoms with van der Waals surface area (Å²) in [6.45, 7) is 11.1. The quantitative estimate of drug-likeness (QED) is 0.0634. The van der Waals surface area contributed by atoms with Crippen molar-refractivity contribution in [2.75, 3.05) is 24.6 Å². The monoisotopic (exact) mass is 571 g/mol. The third kappa shape index (κ3) is 18.1. The van der Waals surface area contributed by atoms with Gasteiger partial charge in [0.1, 0.15) is 0 Å². The Balaban J connectivity index is 5.03. The molecule has 0 aromatic heterocycles. The first-order valence-electron chi connectivity index (χ1n) is 18.2. The number of carbonyl (C=O) groups is 1. The molecule has 3 heteroatoms. The molecule has 0 radical (unpaired) electrons. The van der Waals surface area contributed by atoms with Gasteiger partial charge in [-0.3, -0.25) is 0 Å². The molecule has 1 unspecified atom stereocenters. The predicted molar refractivity (Wildman–Crippen MR) is 181 cm³/mol. The zero-order valence-corrected chi connectivity index (χ0v) is 29.0. The van der Waals surface area contributed by atoms with E-state index in [0.29, 0.717) is 0 Å². The molecule has 0 spiro atoms. The Bertz CT molecular complexity index is 522. The summed E-state index contributed by atoms with van der Waals surface area (Å²) in [5, 5.41) is 0. The van der Waals surface area contributed by atoms with Gasteiger partial charge in [-0.15, -0.1) is 0 Å². The first-order chi connectivity index (χ1) is 19.0. The van der Waals surface area contributed by atoms with Crippen molar-refractivity contribution in [3.63, 3.8) is 0 Å². The zero-order chi connectivity index (χ0) is 29.1. The number of rotatable bonds is 30. The number of unbranched alkanes of at least 4 members (excludes halogenated alkanes) is 17. The SMILES string of the molecule is CCCCCCCCCCCCCCCCP(CCCC)(CCCC)(CCCC)OC(=O)C(CC)CCCC. The minimum absolute atomic E-state index is 0.104. The molecule has 0 aromatic carbocycles. The second kappa shape index (κ2) is 25.6. The van der Waals surface area contributed by atoms with Gasteiger partial charge in [-0.2, -0.15) is 0 Å². The van der Waals surface area contributed by atoms with E-state index in [1.807, 2.05) is 0 Å². The molecule has 0 saturated carbocycles. The summed E-state index contributed by atoms with van der Waals surface area (Å²) in [5.74, 6) is 0.282. The summed E-state index contributed by atoms with van der Waals surface area (Å²) in [6.07, 6.45) is 35.9. The van der Waals surface area contributed by atoms with Crippen LogP contribution in [0.4, 0.5) is 0 Å². The fourth-order valence-corrected chi connectivity index (χ4v) is 13.2. The van der Waals surface area contributed by atoms with Gasteiger partial charge < -0.3 is 0 Å². The van der Waals surface area contributed by atoms with Gasteiger partial charge in [-0.05, 0) is 0 Å². The van der Waals surface area contributed by atoms with Crippen LogP contribution in [-0.2, 0) is 9.32 Å². The topological polar surface area (TPSA) is 26.3 Å². The molecule has 0 aliphatic heterocycles. The Labute approximate surface area is 248 Å². The molecule has 236 valence electrons. The van der Waals surface area contributed by atoms with Crippen LogP contribution in [0.1, 0.15) is 196 Å². The van der Waals surface area contributed by atoms with Gasteiger partial charge in [0.25, 0.3) is 0 Å². The Hall–Kier alpha value is -0.100. The number of hydrogen-bond donors (Lipinski definition) is 0. The van der Waals surface area contributed by atoms with Crippen LogP contribution in [0.15, 0.2) is 0 Å². The van der Waals surface area contributed by atoms with Crippen molar-refractivity contribution in [1.82, 2.24) is 0 Å². The van der Waals surface area contributed by atoms with Crippen molar-refractivity contribution >= 4 is 12.8 Å². The van der Waals surface area contributed by atoms with Gasteiger partial charge in [-0.1, -0.05) is 26.2 Å². The van der Waals surface area contributed by atoms with E-state index in [2.05, 4.69) is 41.5 Å². The Morgan fingerprint density at radius 2 is 0.795 bits per heavy atom. The van der Waals surface area contributed by atoms with Gasteiger partial charge >= 0.3 is 222 Å². The first kappa shape index (κ1) is 38.9. The van der Waals surface area contributed by atoms with E-state index in [0.717, 1.165) is 25.7 Å². The van der Waals surface area contributed by atoms with Gasteiger partial charge in [0.05, 0.1) is 0 Å². The molecule has 0 aliphatic carbocycles. The van der Waals surface area contributed by atoms with Crippen LogP contribution in [0.25, 0.3) is 0 Å². The molecule has 39 heavy (non-hydrogen) atoms. The molecule has 2 nitrogen and oxygen atoms in total. The fraction of sp³-hybridized carbons (Fsp3) is 0.972. The fourth-order valence-electron chi connectivity index (χ4n) is 6.50. The molecule has 0 rings (SSSR count). The molecule has 0 aliphatic rings. The number of carbonyl (C=O) groups excluding carboxylic acids is 1. The summed E-state index contributed by atoms with van der Waals surface area (Å²) in [7, 11) is 0. The number of hydrogen-bond acceptors (Lipinski definition) is 2. The summed E-state index contributed by atoms with van der Waals surface area (Å²) in [6, 6.07) is 0. The molecule has 0 aromatic rings.